The molecule has 0 aliphatic heterocycles. The largest absolute Gasteiger partial charge is 0.356 e. The number of benzene rings is 1. The van der Waals surface area contributed by atoms with E-state index < -0.39 is 23.5 Å². The van der Waals surface area contributed by atoms with Crippen LogP contribution in [0.4, 0.5) is 13.2 Å². The fourth-order valence-corrected chi connectivity index (χ4v) is 2.23. The van der Waals surface area contributed by atoms with E-state index in [1.165, 1.54) is 0 Å². The van der Waals surface area contributed by atoms with Gasteiger partial charge in [0.1, 0.15) is 5.82 Å². The molecule has 0 aliphatic rings. The number of nitrogens with one attached hydrogen (secondary N) is 1. The average Bonchev–Trinajstić information content (AvgIpc) is 2.75. The molecule has 0 saturated carbocycles. The normalized spacial score (nSPS) is 13.2. The molecule has 0 bridgehead atoms. The fraction of sp³-hybridized carbons (Fsp3) is 0.385. The van der Waals surface area contributed by atoms with E-state index >= 15 is 0 Å². The van der Waals surface area contributed by atoms with Crippen molar-refractivity contribution in [2.24, 2.45) is 5.73 Å². The first-order chi connectivity index (χ1) is 8.51. The maximum atomic E-state index is 13.9. The van der Waals surface area contributed by atoms with Gasteiger partial charge in [0, 0.05) is 28.8 Å². The second-order valence-corrected chi connectivity index (χ2v) is 4.29. The van der Waals surface area contributed by atoms with Crippen LogP contribution in [0.2, 0.25) is 0 Å². The van der Waals surface area contributed by atoms with Crippen molar-refractivity contribution in [2.75, 3.05) is 0 Å². The van der Waals surface area contributed by atoms with Crippen molar-refractivity contribution in [3.63, 3.8) is 0 Å². The van der Waals surface area contributed by atoms with Crippen molar-refractivity contribution < 1.29 is 13.2 Å². The molecule has 1 aromatic carbocycles. The maximum absolute atomic E-state index is 13.9. The van der Waals surface area contributed by atoms with E-state index in [9.17, 15) is 13.2 Å². The van der Waals surface area contributed by atoms with Gasteiger partial charge in [-0.1, -0.05) is 13.8 Å². The lowest BCUT2D eigenvalue weighted by Crippen LogP contribution is -2.11. The van der Waals surface area contributed by atoms with Gasteiger partial charge in [0.15, 0.2) is 11.6 Å². The van der Waals surface area contributed by atoms with Crippen LogP contribution in [0.15, 0.2) is 6.07 Å². The Morgan fingerprint density at radius 2 is 1.89 bits per heavy atom. The predicted molar refractivity (Wildman–Crippen MR) is 64.8 cm³/mol. The first-order valence-electron chi connectivity index (χ1n) is 5.94. The Balaban J connectivity index is 2.89. The Labute approximate surface area is 103 Å². The molecule has 5 heteroatoms. The second kappa shape index (κ2) is 4.65. The summed E-state index contributed by atoms with van der Waals surface area (Å²) in [5.74, 6) is -3.03. The van der Waals surface area contributed by atoms with Crippen LogP contribution in [0.3, 0.4) is 0 Å². The summed E-state index contributed by atoms with van der Waals surface area (Å²) >= 11 is 0. The minimum absolute atomic E-state index is 0.00958. The summed E-state index contributed by atoms with van der Waals surface area (Å²) in [6.45, 7) is 3.69. The van der Waals surface area contributed by atoms with Gasteiger partial charge >= 0.3 is 0 Å². The number of hydrogen-bond acceptors (Lipinski definition) is 1. The van der Waals surface area contributed by atoms with Crippen molar-refractivity contribution in [3.05, 3.63) is 34.8 Å². The van der Waals surface area contributed by atoms with Gasteiger partial charge in [-0.2, -0.15) is 0 Å². The van der Waals surface area contributed by atoms with Crippen LogP contribution in [0, 0.1) is 17.5 Å². The van der Waals surface area contributed by atoms with Crippen LogP contribution in [0.1, 0.15) is 37.6 Å². The van der Waals surface area contributed by atoms with E-state index in [1.54, 1.807) is 0 Å². The van der Waals surface area contributed by atoms with Gasteiger partial charge in [-0.15, -0.1) is 0 Å². The first-order valence-corrected chi connectivity index (χ1v) is 5.94. The van der Waals surface area contributed by atoms with E-state index in [0.717, 1.165) is 0 Å². The van der Waals surface area contributed by atoms with Gasteiger partial charge in [0.2, 0.25) is 0 Å². The van der Waals surface area contributed by atoms with Gasteiger partial charge < -0.3 is 10.7 Å². The molecule has 0 saturated heterocycles. The lowest BCUT2D eigenvalue weighted by atomic mass is 10.00. The molecule has 1 unspecified atom stereocenters. The molecular weight excluding hydrogens is 241 g/mol. The third-order valence-corrected chi connectivity index (χ3v) is 3.21. The fourth-order valence-electron chi connectivity index (χ4n) is 2.23. The van der Waals surface area contributed by atoms with E-state index in [1.807, 2.05) is 13.8 Å². The third-order valence-electron chi connectivity index (χ3n) is 3.21. The van der Waals surface area contributed by atoms with Crippen molar-refractivity contribution in [2.45, 2.75) is 32.7 Å². The Kier molecular flexibility index (Phi) is 3.34. The molecule has 0 aliphatic carbocycles. The highest BCUT2D eigenvalue weighted by Gasteiger charge is 2.23. The van der Waals surface area contributed by atoms with E-state index in [-0.39, 0.29) is 10.9 Å². The summed E-state index contributed by atoms with van der Waals surface area (Å²) in [5, 5.41) is -0.0568. The zero-order valence-electron chi connectivity index (χ0n) is 10.3. The average molecular weight is 256 g/mol. The summed E-state index contributed by atoms with van der Waals surface area (Å²) in [6, 6.07) is 0.110. The lowest BCUT2D eigenvalue weighted by molar-refractivity contribution is 0.504. The summed E-state index contributed by atoms with van der Waals surface area (Å²) < 4.78 is 40.8. The van der Waals surface area contributed by atoms with Crippen LogP contribution in [0.25, 0.3) is 10.9 Å². The highest BCUT2D eigenvalue weighted by molar-refractivity contribution is 5.86. The minimum atomic E-state index is -1.19. The van der Waals surface area contributed by atoms with Gasteiger partial charge in [-0.25, -0.2) is 13.2 Å². The number of hydrogen-bond donors (Lipinski definition) is 2. The van der Waals surface area contributed by atoms with Gasteiger partial charge in [-0.05, 0) is 12.8 Å². The van der Waals surface area contributed by atoms with Gasteiger partial charge in [0.25, 0.3) is 0 Å². The molecule has 1 heterocycles. The Bertz CT molecular complexity index is 590. The van der Waals surface area contributed by atoms with Crippen molar-refractivity contribution in [3.8, 4) is 0 Å². The molecule has 0 amide bonds. The van der Waals surface area contributed by atoms with Crippen molar-refractivity contribution in [1.29, 1.82) is 0 Å². The van der Waals surface area contributed by atoms with Crippen molar-refractivity contribution >= 4 is 10.9 Å². The molecule has 0 fully saturated rings. The summed E-state index contributed by atoms with van der Waals surface area (Å²) in [6.07, 6.45) is 1.12. The molecule has 3 N–H and O–H groups in total. The Morgan fingerprint density at radius 3 is 2.44 bits per heavy atom. The standard InChI is InChI=1S/C13H15F3N2/c1-3-8(17)10-9(4-2)18-13-7(15)5-6(14)12(16)11(10)13/h5,8,18H,3-4,17H2,1-2H3. The molecule has 1 atom stereocenters. The maximum Gasteiger partial charge on any atom is 0.168 e. The molecule has 2 aromatic rings. The molecule has 1 aromatic heterocycles. The number of H-pyrrole nitrogens is 1. The highest BCUT2D eigenvalue weighted by atomic mass is 19.2. The molecule has 2 nitrogen and oxygen atoms in total. The molecule has 98 valence electrons. The van der Waals surface area contributed by atoms with Crippen LogP contribution in [-0.2, 0) is 6.42 Å². The topological polar surface area (TPSA) is 41.8 Å². The second-order valence-electron chi connectivity index (χ2n) is 4.29. The first kappa shape index (κ1) is 13.0. The molecule has 18 heavy (non-hydrogen) atoms. The van der Waals surface area contributed by atoms with E-state index in [2.05, 4.69) is 4.98 Å². The van der Waals surface area contributed by atoms with Crippen LogP contribution in [-0.4, -0.2) is 4.98 Å². The molecular formula is C13H15F3N2. The van der Waals surface area contributed by atoms with Crippen LogP contribution in [0.5, 0.6) is 0 Å². The smallest absolute Gasteiger partial charge is 0.168 e. The third kappa shape index (κ3) is 1.79. The van der Waals surface area contributed by atoms with E-state index in [0.29, 0.717) is 30.2 Å². The molecule has 0 spiro atoms. The number of halogens is 3. The van der Waals surface area contributed by atoms with Gasteiger partial charge in [0.05, 0.1) is 5.52 Å². The summed E-state index contributed by atoms with van der Waals surface area (Å²) in [5.41, 5.74) is 7.04. The Morgan fingerprint density at radius 1 is 1.22 bits per heavy atom. The SMILES string of the molecule is CCc1[nH]c2c(F)cc(F)c(F)c2c1C(N)CC. The predicted octanol–water partition coefficient (Wildman–Crippen LogP) is 3.56. The van der Waals surface area contributed by atoms with Gasteiger partial charge in [-0.3, -0.25) is 0 Å². The highest BCUT2D eigenvalue weighted by Crippen LogP contribution is 2.33. The number of nitrogens with two attached hydrogens (primary N) is 1. The quantitative estimate of drug-likeness (QED) is 0.810. The zero-order valence-corrected chi connectivity index (χ0v) is 10.3. The van der Waals surface area contributed by atoms with E-state index in [4.69, 9.17) is 5.73 Å². The van der Waals surface area contributed by atoms with Crippen molar-refractivity contribution in [1.82, 2.24) is 4.98 Å². The number of aryl methyl sites for hydroxylation is 1. The number of fused-ring (bicyclic) bond motifs is 1. The zero-order chi connectivity index (χ0) is 13.4. The van der Waals surface area contributed by atoms with Crippen LogP contribution < -0.4 is 5.73 Å². The summed E-state index contributed by atoms with van der Waals surface area (Å²) in [7, 11) is 0. The number of rotatable bonds is 3. The monoisotopic (exact) mass is 256 g/mol. The number of aromatic amines is 1. The molecule has 0 radical (unpaired) electrons. The number of aromatic nitrogens is 1. The Hall–Kier alpha value is -1.49. The van der Waals surface area contributed by atoms with Crippen LogP contribution >= 0.6 is 0 Å². The minimum Gasteiger partial charge on any atom is -0.356 e. The molecule has 2 rings (SSSR count). The lowest BCUT2D eigenvalue weighted by Gasteiger charge is -2.10. The summed E-state index contributed by atoms with van der Waals surface area (Å²) in [4.78, 5) is 2.80.